The molecule has 2 saturated heterocycles. The highest BCUT2D eigenvalue weighted by atomic mass is 16.6. The van der Waals surface area contributed by atoms with E-state index in [1.807, 2.05) is 18.2 Å². The number of rotatable bonds is 4. The first-order chi connectivity index (χ1) is 13.0. The molecule has 27 heavy (non-hydrogen) atoms. The summed E-state index contributed by atoms with van der Waals surface area (Å²) in [7, 11) is 0. The summed E-state index contributed by atoms with van der Waals surface area (Å²) in [6, 6.07) is 12.0. The second-order valence-corrected chi connectivity index (χ2v) is 6.66. The van der Waals surface area contributed by atoms with Crippen LogP contribution in [0.5, 0.6) is 0 Å². The summed E-state index contributed by atoms with van der Waals surface area (Å²) < 4.78 is 5.36. The van der Waals surface area contributed by atoms with Crippen LogP contribution in [0.15, 0.2) is 54.9 Å². The molecule has 2 atom stereocenters. The van der Waals surface area contributed by atoms with Gasteiger partial charge in [0.15, 0.2) is 0 Å². The van der Waals surface area contributed by atoms with Gasteiger partial charge < -0.3 is 10.1 Å². The molecule has 4 amide bonds. The molecular weight excluding hydrogens is 348 g/mol. The lowest BCUT2D eigenvalue weighted by atomic mass is 9.93. The normalized spacial score (nSPS) is 24.9. The van der Waals surface area contributed by atoms with E-state index >= 15 is 0 Å². The Morgan fingerprint density at radius 2 is 1.96 bits per heavy atom. The van der Waals surface area contributed by atoms with Crippen LogP contribution in [0.25, 0.3) is 0 Å². The Hall–Kier alpha value is -3.42. The van der Waals surface area contributed by atoms with Crippen LogP contribution in [-0.4, -0.2) is 47.1 Å². The molecule has 0 radical (unpaired) electrons. The van der Waals surface area contributed by atoms with Gasteiger partial charge in [-0.1, -0.05) is 24.3 Å². The van der Waals surface area contributed by atoms with Gasteiger partial charge in [-0.2, -0.15) is 0 Å². The van der Waals surface area contributed by atoms with Gasteiger partial charge in [-0.3, -0.25) is 19.6 Å². The fourth-order valence-electron chi connectivity index (χ4n) is 3.36. The summed E-state index contributed by atoms with van der Waals surface area (Å²) in [4.78, 5) is 44.1. The average molecular weight is 366 g/mol. The Balaban J connectivity index is 1.50. The van der Waals surface area contributed by atoms with E-state index < -0.39 is 29.7 Å². The Morgan fingerprint density at radius 1 is 1.19 bits per heavy atom. The number of hydrogen-bond acceptors (Lipinski definition) is 5. The van der Waals surface area contributed by atoms with E-state index in [1.165, 1.54) is 4.90 Å². The standard InChI is InChI=1S/C19H18N4O4/c1-19(13-6-5-9-20-10-13)16(24)23(17(25)21-19)12-15-11-22(18(26)27-15)14-7-3-2-4-8-14/h2-10,15H,11-12H2,1H3,(H,21,25)/t15-,19+/m0/s1. The van der Waals surface area contributed by atoms with Gasteiger partial charge in [0.05, 0.1) is 13.1 Å². The zero-order chi connectivity index (χ0) is 19.0. The number of ether oxygens (including phenoxy) is 1. The minimum Gasteiger partial charge on any atom is -0.442 e. The monoisotopic (exact) mass is 366 g/mol. The molecule has 2 aromatic rings. The predicted octanol–water partition coefficient (Wildman–Crippen LogP) is 1.87. The van der Waals surface area contributed by atoms with Crippen LogP contribution in [0.4, 0.5) is 15.3 Å². The number of anilines is 1. The Kier molecular flexibility index (Phi) is 4.02. The average Bonchev–Trinajstić information content (AvgIpc) is 3.16. The van der Waals surface area contributed by atoms with Gasteiger partial charge in [0.1, 0.15) is 11.6 Å². The van der Waals surface area contributed by atoms with E-state index in [2.05, 4.69) is 10.3 Å². The van der Waals surface area contributed by atoms with Crippen LogP contribution in [0.1, 0.15) is 12.5 Å². The maximum atomic E-state index is 12.9. The fraction of sp³-hybridized carbons (Fsp3) is 0.263. The number of amides is 4. The van der Waals surface area contributed by atoms with E-state index in [0.29, 0.717) is 11.3 Å². The molecule has 2 fully saturated rings. The van der Waals surface area contributed by atoms with Gasteiger partial charge >= 0.3 is 12.1 Å². The molecule has 1 N–H and O–H groups in total. The number of carbonyl (C=O) groups is 3. The minimum absolute atomic E-state index is 0.00437. The minimum atomic E-state index is -1.19. The first-order valence-electron chi connectivity index (χ1n) is 8.57. The quantitative estimate of drug-likeness (QED) is 0.834. The molecule has 4 rings (SSSR count). The molecule has 2 aliphatic rings. The van der Waals surface area contributed by atoms with Crippen LogP contribution in [-0.2, 0) is 15.1 Å². The zero-order valence-corrected chi connectivity index (χ0v) is 14.7. The number of nitrogens with zero attached hydrogens (tertiary/aromatic N) is 3. The number of benzene rings is 1. The third-order valence-corrected chi connectivity index (χ3v) is 4.84. The number of carbonyl (C=O) groups excluding carboxylic acids is 3. The third-order valence-electron chi connectivity index (χ3n) is 4.84. The molecule has 138 valence electrons. The molecule has 0 bridgehead atoms. The number of urea groups is 1. The van der Waals surface area contributed by atoms with Gasteiger partial charge in [-0.15, -0.1) is 0 Å². The molecule has 1 aromatic heterocycles. The Bertz CT molecular complexity index is 889. The SMILES string of the molecule is C[C@]1(c2cccnc2)NC(=O)N(C[C@@H]2CN(c3ccccc3)C(=O)O2)C1=O. The van der Waals surface area contributed by atoms with Crippen molar-refractivity contribution < 1.29 is 19.1 Å². The summed E-state index contributed by atoms with van der Waals surface area (Å²) in [6.07, 6.45) is 2.06. The summed E-state index contributed by atoms with van der Waals surface area (Å²) in [5.41, 5.74) is 0.121. The van der Waals surface area contributed by atoms with Crippen molar-refractivity contribution in [2.24, 2.45) is 0 Å². The van der Waals surface area contributed by atoms with Gasteiger partial charge in [-0.25, -0.2) is 9.59 Å². The van der Waals surface area contributed by atoms with Crippen molar-refractivity contribution in [3.8, 4) is 0 Å². The van der Waals surface area contributed by atoms with Crippen molar-refractivity contribution in [3.63, 3.8) is 0 Å². The van der Waals surface area contributed by atoms with Gasteiger partial charge in [-0.05, 0) is 25.1 Å². The summed E-state index contributed by atoms with van der Waals surface area (Å²) >= 11 is 0. The maximum absolute atomic E-state index is 12.9. The van der Waals surface area contributed by atoms with E-state index in [-0.39, 0.29) is 13.1 Å². The lowest BCUT2D eigenvalue weighted by Crippen LogP contribution is -2.42. The largest absolute Gasteiger partial charge is 0.442 e. The summed E-state index contributed by atoms with van der Waals surface area (Å²) in [5, 5.41) is 2.72. The third kappa shape index (κ3) is 2.88. The molecule has 3 heterocycles. The van der Waals surface area contributed by atoms with Crippen molar-refractivity contribution in [2.45, 2.75) is 18.6 Å². The second kappa shape index (κ2) is 6.39. The summed E-state index contributed by atoms with van der Waals surface area (Å²) in [6.45, 7) is 1.90. The van der Waals surface area contributed by atoms with Gasteiger partial charge in [0, 0.05) is 23.6 Å². The van der Waals surface area contributed by atoms with Crippen molar-refractivity contribution >= 4 is 23.7 Å². The van der Waals surface area contributed by atoms with Crippen LogP contribution in [0.2, 0.25) is 0 Å². The predicted molar refractivity (Wildman–Crippen MR) is 95.9 cm³/mol. The van der Waals surface area contributed by atoms with E-state index in [4.69, 9.17) is 4.74 Å². The van der Waals surface area contributed by atoms with Crippen molar-refractivity contribution in [3.05, 3.63) is 60.4 Å². The molecule has 2 aliphatic heterocycles. The number of hydrogen-bond donors (Lipinski definition) is 1. The summed E-state index contributed by atoms with van der Waals surface area (Å²) in [5.74, 6) is -0.394. The van der Waals surface area contributed by atoms with E-state index in [1.54, 1.807) is 43.6 Å². The Labute approximate surface area is 155 Å². The molecule has 1 aromatic carbocycles. The first-order valence-corrected chi connectivity index (χ1v) is 8.57. The molecule has 0 unspecified atom stereocenters. The first kappa shape index (κ1) is 17.0. The molecule has 8 nitrogen and oxygen atoms in total. The number of nitrogens with one attached hydrogen (secondary N) is 1. The number of imide groups is 1. The highest BCUT2D eigenvalue weighted by Crippen LogP contribution is 2.29. The highest BCUT2D eigenvalue weighted by Gasteiger charge is 2.50. The number of aromatic nitrogens is 1. The van der Waals surface area contributed by atoms with E-state index in [0.717, 1.165) is 4.90 Å². The van der Waals surface area contributed by atoms with Gasteiger partial charge in [0.2, 0.25) is 0 Å². The highest BCUT2D eigenvalue weighted by molar-refractivity contribution is 6.07. The van der Waals surface area contributed by atoms with Crippen LogP contribution >= 0.6 is 0 Å². The molecular formula is C19H18N4O4. The van der Waals surface area contributed by atoms with Crippen molar-refractivity contribution in [2.75, 3.05) is 18.0 Å². The van der Waals surface area contributed by atoms with Crippen LogP contribution in [0, 0.1) is 0 Å². The molecule has 0 spiro atoms. The molecule has 8 heteroatoms. The van der Waals surface area contributed by atoms with Crippen LogP contribution in [0.3, 0.4) is 0 Å². The van der Waals surface area contributed by atoms with Gasteiger partial charge in [0.25, 0.3) is 5.91 Å². The van der Waals surface area contributed by atoms with E-state index in [9.17, 15) is 14.4 Å². The fourth-order valence-corrected chi connectivity index (χ4v) is 3.36. The Morgan fingerprint density at radius 3 is 2.67 bits per heavy atom. The van der Waals surface area contributed by atoms with Crippen LogP contribution < -0.4 is 10.2 Å². The number of pyridine rings is 1. The topological polar surface area (TPSA) is 91.8 Å². The lowest BCUT2D eigenvalue weighted by Gasteiger charge is -2.22. The maximum Gasteiger partial charge on any atom is 0.414 e. The van der Waals surface area contributed by atoms with Crippen molar-refractivity contribution in [1.29, 1.82) is 0 Å². The molecule has 0 saturated carbocycles. The van der Waals surface area contributed by atoms with Crippen molar-refractivity contribution in [1.82, 2.24) is 15.2 Å². The number of cyclic esters (lactones) is 1. The second-order valence-electron chi connectivity index (χ2n) is 6.66. The smallest absolute Gasteiger partial charge is 0.414 e. The number of para-hydroxylation sites is 1. The zero-order valence-electron chi connectivity index (χ0n) is 14.7. The molecule has 0 aliphatic carbocycles. The lowest BCUT2D eigenvalue weighted by molar-refractivity contribution is -0.131.